The predicted molar refractivity (Wildman–Crippen MR) is 81.3 cm³/mol. The Labute approximate surface area is 120 Å². The number of methoxy groups -OCH3 is 1. The number of benzene rings is 1. The first-order valence-corrected chi connectivity index (χ1v) is 7.32. The van der Waals surface area contributed by atoms with Crippen LogP contribution >= 0.6 is 0 Å². The van der Waals surface area contributed by atoms with Crippen LogP contribution in [0.4, 0.5) is 10.5 Å². The molecule has 1 aromatic carbocycles. The zero-order valence-corrected chi connectivity index (χ0v) is 12.5. The molecule has 110 valence electrons. The highest BCUT2D eigenvalue weighted by molar-refractivity contribution is 5.91. The van der Waals surface area contributed by atoms with Gasteiger partial charge in [0.2, 0.25) is 0 Å². The molecule has 1 fully saturated rings. The fourth-order valence-electron chi connectivity index (χ4n) is 2.76. The molecule has 0 spiro atoms. The Morgan fingerprint density at radius 3 is 2.75 bits per heavy atom. The van der Waals surface area contributed by atoms with Crippen molar-refractivity contribution in [3.63, 3.8) is 0 Å². The molecule has 2 amide bonds. The number of aryl methyl sites for hydroxylation is 1. The van der Waals surface area contributed by atoms with E-state index in [-0.39, 0.29) is 12.1 Å². The lowest BCUT2D eigenvalue weighted by Crippen LogP contribution is -2.43. The van der Waals surface area contributed by atoms with Crippen LogP contribution in [0.2, 0.25) is 0 Å². The van der Waals surface area contributed by atoms with Gasteiger partial charge < -0.3 is 15.4 Å². The summed E-state index contributed by atoms with van der Waals surface area (Å²) in [6, 6.07) is 5.88. The number of rotatable bonds is 3. The second-order valence-electron chi connectivity index (χ2n) is 5.67. The molecule has 20 heavy (non-hydrogen) atoms. The van der Waals surface area contributed by atoms with Gasteiger partial charge >= 0.3 is 6.03 Å². The summed E-state index contributed by atoms with van der Waals surface area (Å²) >= 11 is 0. The van der Waals surface area contributed by atoms with Crippen molar-refractivity contribution in [1.29, 1.82) is 0 Å². The van der Waals surface area contributed by atoms with Gasteiger partial charge in [-0.1, -0.05) is 25.8 Å². The molecule has 0 aliphatic heterocycles. The zero-order valence-electron chi connectivity index (χ0n) is 12.5. The van der Waals surface area contributed by atoms with Gasteiger partial charge in [-0.05, 0) is 43.4 Å². The summed E-state index contributed by atoms with van der Waals surface area (Å²) in [5.74, 6) is 1.24. The van der Waals surface area contributed by atoms with E-state index in [1.54, 1.807) is 7.11 Å². The second-order valence-corrected chi connectivity index (χ2v) is 5.67. The van der Waals surface area contributed by atoms with Crippen LogP contribution in [0.3, 0.4) is 0 Å². The highest BCUT2D eigenvalue weighted by atomic mass is 16.5. The third kappa shape index (κ3) is 3.65. The van der Waals surface area contributed by atoms with Crippen LogP contribution in [-0.2, 0) is 0 Å². The average molecular weight is 276 g/mol. The first kappa shape index (κ1) is 14.7. The maximum absolute atomic E-state index is 12.1. The Kier molecular flexibility index (Phi) is 4.88. The molecule has 4 nitrogen and oxygen atoms in total. The van der Waals surface area contributed by atoms with Crippen molar-refractivity contribution in [3.8, 4) is 5.75 Å². The van der Waals surface area contributed by atoms with Crippen molar-refractivity contribution < 1.29 is 9.53 Å². The Hall–Kier alpha value is -1.71. The number of anilines is 1. The molecule has 4 heteroatoms. The summed E-state index contributed by atoms with van der Waals surface area (Å²) in [7, 11) is 1.61. The summed E-state index contributed by atoms with van der Waals surface area (Å²) in [4.78, 5) is 12.1. The van der Waals surface area contributed by atoms with Gasteiger partial charge in [-0.25, -0.2) is 4.79 Å². The minimum atomic E-state index is -0.147. The number of nitrogens with one attached hydrogen (secondary N) is 2. The fraction of sp³-hybridized carbons (Fsp3) is 0.562. The van der Waals surface area contributed by atoms with Crippen LogP contribution in [0.1, 0.15) is 38.2 Å². The molecule has 0 bridgehead atoms. The number of ether oxygens (including phenoxy) is 1. The molecule has 1 aliphatic rings. The summed E-state index contributed by atoms with van der Waals surface area (Å²) in [5.41, 5.74) is 1.81. The molecule has 0 saturated heterocycles. The average Bonchev–Trinajstić information content (AvgIpc) is 2.43. The lowest BCUT2D eigenvalue weighted by molar-refractivity contribution is 0.232. The maximum Gasteiger partial charge on any atom is 0.319 e. The van der Waals surface area contributed by atoms with E-state index in [0.717, 1.165) is 12.0 Å². The van der Waals surface area contributed by atoms with Crippen molar-refractivity contribution in [2.75, 3.05) is 12.4 Å². The highest BCUT2D eigenvalue weighted by Gasteiger charge is 2.23. The van der Waals surface area contributed by atoms with Gasteiger partial charge in [0.15, 0.2) is 0 Å². The topological polar surface area (TPSA) is 50.4 Å². The van der Waals surface area contributed by atoms with Crippen molar-refractivity contribution in [3.05, 3.63) is 23.8 Å². The van der Waals surface area contributed by atoms with E-state index < -0.39 is 0 Å². The van der Waals surface area contributed by atoms with E-state index in [4.69, 9.17) is 4.74 Å². The van der Waals surface area contributed by atoms with Crippen LogP contribution in [0.5, 0.6) is 5.75 Å². The first-order valence-electron chi connectivity index (χ1n) is 7.32. The van der Waals surface area contributed by atoms with Crippen molar-refractivity contribution in [1.82, 2.24) is 5.32 Å². The minimum absolute atomic E-state index is 0.147. The lowest BCUT2D eigenvalue weighted by Gasteiger charge is -2.29. The largest absolute Gasteiger partial charge is 0.495 e. The van der Waals surface area contributed by atoms with Gasteiger partial charge in [0.25, 0.3) is 0 Å². The number of carbonyl (C=O) groups excluding carboxylic acids is 1. The van der Waals surface area contributed by atoms with Gasteiger partial charge in [0.1, 0.15) is 5.75 Å². The zero-order chi connectivity index (χ0) is 14.5. The molecular weight excluding hydrogens is 252 g/mol. The fourth-order valence-corrected chi connectivity index (χ4v) is 2.76. The van der Waals surface area contributed by atoms with Crippen molar-refractivity contribution >= 4 is 11.7 Å². The molecule has 2 unspecified atom stereocenters. The van der Waals surface area contributed by atoms with Crippen LogP contribution in [0, 0.1) is 12.8 Å². The van der Waals surface area contributed by atoms with Crippen molar-refractivity contribution in [2.45, 2.75) is 45.6 Å². The second kappa shape index (κ2) is 6.64. The molecule has 2 N–H and O–H groups in total. The minimum Gasteiger partial charge on any atom is -0.495 e. The van der Waals surface area contributed by atoms with Crippen LogP contribution in [0.25, 0.3) is 0 Å². The molecule has 0 heterocycles. The third-order valence-electron chi connectivity index (χ3n) is 4.03. The van der Waals surface area contributed by atoms with E-state index in [1.807, 2.05) is 25.1 Å². The lowest BCUT2D eigenvalue weighted by atomic mass is 9.86. The Morgan fingerprint density at radius 1 is 1.30 bits per heavy atom. The quantitative estimate of drug-likeness (QED) is 0.884. The van der Waals surface area contributed by atoms with E-state index in [0.29, 0.717) is 17.4 Å². The number of hydrogen-bond donors (Lipinski definition) is 2. The van der Waals surface area contributed by atoms with Gasteiger partial charge in [-0.3, -0.25) is 0 Å². The number of amides is 2. The van der Waals surface area contributed by atoms with E-state index >= 15 is 0 Å². The molecule has 2 atom stereocenters. The Balaban J connectivity index is 1.97. The van der Waals surface area contributed by atoms with Gasteiger partial charge in [-0.15, -0.1) is 0 Å². The van der Waals surface area contributed by atoms with Crippen LogP contribution < -0.4 is 15.4 Å². The van der Waals surface area contributed by atoms with Crippen LogP contribution in [-0.4, -0.2) is 19.2 Å². The smallest absolute Gasteiger partial charge is 0.319 e. The van der Waals surface area contributed by atoms with E-state index in [9.17, 15) is 4.79 Å². The third-order valence-corrected chi connectivity index (χ3v) is 4.03. The van der Waals surface area contributed by atoms with E-state index in [2.05, 4.69) is 17.6 Å². The molecular formula is C16H24N2O2. The normalized spacial score (nSPS) is 22.1. The summed E-state index contributed by atoms with van der Waals surface area (Å²) in [5, 5.41) is 5.96. The SMILES string of the molecule is COc1cc(C)ccc1NC(=O)NC1CCCCC1C. The van der Waals surface area contributed by atoms with Gasteiger partial charge in [0, 0.05) is 6.04 Å². The molecule has 2 rings (SSSR count). The Bertz CT molecular complexity index is 474. The standard InChI is InChI=1S/C16H24N2O2/c1-11-8-9-14(15(10-11)20-3)18-16(19)17-13-7-5-4-6-12(13)2/h8-10,12-13H,4-7H2,1-3H3,(H2,17,18,19). The number of urea groups is 1. The predicted octanol–water partition coefficient (Wildman–Crippen LogP) is 3.70. The van der Waals surface area contributed by atoms with Gasteiger partial charge in [0.05, 0.1) is 12.8 Å². The molecule has 1 aromatic rings. The summed E-state index contributed by atoms with van der Waals surface area (Å²) in [6.07, 6.45) is 4.73. The Morgan fingerprint density at radius 2 is 2.05 bits per heavy atom. The monoisotopic (exact) mass is 276 g/mol. The maximum atomic E-state index is 12.1. The van der Waals surface area contributed by atoms with Crippen LogP contribution in [0.15, 0.2) is 18.2 Å². The molecule has 0 aromatic heterocycles. The van der Waals surface area contributed by atoms with Gasteiger partial charge in [-0.2, -0.15) is 0 Å². The number of carbonyl (C=O) groups is 1. The van der Waals surface area contributed by atoms with Crippen molar-refractivity contribution in [2.24, 2.45) is 5.92 Å². The summed E-state index contributed by atoms with van der Waals surface area (Å²) < 4.78 is 5.30. The molecule has 0 radical (unpaired) electrons. The first-order chi connectivity index (χ1) is 9.60. The number of hydrogen-bond acceptors (Lipinski definition) is 2. The molecule has 1 saturated carbocycles. The van der Waals surface area contributed by atoms with E-state index in [1.165, 1.54) is 19.3 Å². The highest BCUT2D eigenvalue weighted by Crippen LogP contribution is 2.26. The summed E-state index contributed by atoms with van der Waals surface area (Å²) in [6.45, 7) is 4.20. The molecule has 1 aliphatic carbocycles.